The zero-order chi connectivity index (χ0) is 12.8. The summed E-state index contributed by atoms with van der Waals surface area (Å²) in [6, 6.07) is 2.31. The summed E-state index contributed by atoms with van der Waals surface area (Å²) >= 11 is 0. The van der Waals surface area contributed by atoms with Crippen LogP contribution in [0.2, 0.25) is 0 Å². The molecule has 0 aliphatic heterocycles. The molecule has 0 spiro atoms. The van der Waals surface area contributed by atoms with Crippen molar-refractivity contribution in [1.82, 2.24) is 24.6 Å². The number of hydrogen-bond donors (Lipinski definition) is 2. The Bertz CT molecular complexity index is 727. The molecule has 1 aliphatic rings. The molecule has 3 heterocycles. The van der Waals surface area contributed by atoms with Crippen LogP contribution < -0.4 is 5.73 Å². The molecule has 1 aliphatic carbocycles. The highest BCUT2D eigenvalue weighted by atomic mass is 15.3. The van der Waals surface area contributed by atoms with Crippen molar-refractivity contribution >= 4 is 16.8 Å². The molecule has 0 saturated heterocycles. The molecular formula is C13H16N6. The molecule has 3 N–H and O–H groups in total. The summed E-state index contributed by atoms with van der Waals surface area (Å²) in [5.41, 5.74) is 8.81. The van der Waals surface area contributed by atoms with Gasteiger partial charge in [0.1, 0.15) is 5.82 Å². The summed E-state index contributed by atoms with van der Waals surface area (Å²) in [6.07, 6.45) is 8.08. The summed E-state index contributed by atoms with van der Waals surface area (Å²) in [7, 11) is 0. The molecule has 0 aromatic carbocycles. The number of rotatable bonds is 1. The first kappa shape index (κ1) is 10.9. The van der Waals surface area contributed by atoms with Crippen LogP contribution in [0.25, 0.3) is 16.8 Å². The zero-order valence-electron chi connectivity index (χ0n) is 10.6. The van der Waals surface area contributed by atoms with Gasteiger partial charge in [0.15, 0.2) is 11.3 Å². The topological polar surface area (TPSA) is 84.9 Å². The van der Waals surface area contributed by atoms with Crippen molar-refractivity contribution in [3.63, 3.8) is 0 Å². The van der Waals surface area contributed by atoms with E-state index in [0.717, 1.165) is 41.9 Å². The second-order valence-corrected chi connectivity index (χ2v) is 5.35. The van der Waals surface area contributed by atoms with Crippen LogP contribution in [-0.4, -0.2) is 30.6 Å². The van der Waals surface area contributed by atoms with Crippen molar-refractivity contribution in [2.45, 2.75) is 37.6 Å². The lowest BCUT2D eigenvalue weighted by Gasteiger charge is -2.25. The lowest BCUT2D eigenvalue weighted by Crippen LogP contribution is -2.27. The Balaban J connectivity index is 1.91. The van der Waals surface area contributed by atoms with Gasteiger partial charge >= 0.3 is 0 Å². The predicted octanol–water partition coefficient (Wildman–Crippen LogP) is 1.59. The van der Waals surface area contributed by atoms with E-state index in [0.29, 0.717) is 5.92 Å². The van der Waals surface area contributed by atoms with Gasteiger partial charge in [-0.15, -0.1) is 10.2 Å². The quantitative estimate of drug-likeness (QED) is 0.692. The minimum absolute atomic E-state index is 0.287. The van der Waals surface area contributed by atoms with Crippen molar-refractivity contribution in [1.29, 1.82) is 0 Å². The summed E-state index contributed by atoms with van der Waals surface area (Å²) < 4.78 is 2.11. The number of H-pyrrole nitrogens is 1. The summed E-state index contributed by atoms with van der Waals surface area (Å²) in [4.78, 5) is 7.47. The van der Waals surface area contributed by atoms with Gasteiger partial charge in [0.05, 0.1) is 11.7 Å². The molecule has 2 atom stereocenters. The van der Waals surface area contributed by atoms with E-state index in [1.54, 1.807) is 6.20 Å². The monoisotopic (exact) mass is 256 g/mol. The van der Waals surface area contributed by atoms with Crippen molar-refractivity contribution < 1.29 is 0 Å². The van der Waals surface area contributed by atoms with E-state index >= 15 is 0 Å². The molecular weight excluding hydrogens is 240 g/mol. The van der Waals surface area contributed by atoms with Crippen LogP contribution in [0.3, 0.4) is 0 Å². The minimum atomic E-state index is 0.287. The first-order valence-electron chi connectivity index (χ1n) is 6.75. The normalized spacial score (nSPS) is 24.3. The van der Waals surface area contributed by atoms with Crippen LogP contribution >= 0.6 is 0 Å². The average molecular weight is 256 g/mol. The molecule has 4 rings (SSSR count). The maximum absolute atomic E-state index is 6.09. The molecule has 6 heteroatoms. The third-order valence-corrected chi connectivity index (χ3v) is 4.05. The van der Waals surface area contributed by atoms with Gasteiger partial charge in [0.2, 0.25) is 0 Å². The fourth-order valence-corrected chi connectivity index (χ4v) is 3.12. The van der Waals surface area contributed by atoms with Crippen LogP contribution in [0.1, 0.15) is 37.4 Å². The number of nitrogens with one attached hydrogen (secondary N) is 1. The molecule has 0 bridgehead atoms. The van der Waals surface area contributed by atoms with E-state index in [4.69, 9.17) is 5.73 Å². The highest BCUT2D eigenvalue weighted by Crippen LogP contribution is 2.32. The predicted molar refractivity (Wildman–Crippen MR) is 71.8 cm³/mol. The molecule has 6 nitrogen and oxygen atoms in total. The van der Waals surface area contributed by atoms with Gasteiger partial charge in [-0.3, -0.25) is 4.40 Å². The van der Waals surface area contributed by atoms with Crippen LogP contribution in [0.5, 0.6) is 0 Å². The Morgan fingerprint density at radius 1 is 1.32 bits per heavy atom. The third-order valence-electron chi connectivity index (χ3n) is 4.05. The molecule has 0 radical (unpaired) electrons. The lowest BCUT2D eigenvalue weighted by atomic mass is 9.85. The number of aromatic amines is 1. The first-order chi connectivity index (χ1) is 9.33. The van der Waals surface area contributed by atoms with E-state index in [1.807, 2.05) is 12.3 Å². The maximum Gasteiger partial charge on any atom is 0.179 e. The van der Waals surface area contributed by atoms with Crippen LogP contribution in [0, 0.1) is 0 Å². The van der Waals surface area contributed by atoms with Gasteiger partial charge in [-0.1, -0.05) is 6.42 Å². The van der Waals surface area contributed by atoms with Crippen molar-refractivity contribution in [3.8, 4) is 0 Å². The van der Waals surface area contributed by atoms with Crippen LogP contribution in [-0.2, 0) is 0 Å². The highest BCUT2D eigenvalue weighted by molar-refractivity contribution is 5.74. The third kappa shape index (κ3) is 1.63. The van der Waals surface area contributed by atoms with Gasteiger partial charge in [-0.05, 0) is 25.3 Å². The van der Waals surface area contributed by atoms with E-state index in [-0.39, 0.29) is 6.04 Å². The van der Waals surface area contributed by atoms with E-state index in [9.17, 15) is 0 Å². The van der Waals surface area contributed by atoms with Gasteiger partial charge in [0, 0.05) is 18.2 Å². The number of aromatic nitrogens is 5. The number of nitrogens with two attached hydrogens (primary N) is 1. The van der Waals surface area contributed by atoms with Crippen molar-refractivity contribution in [3.05, 3.63) is 24.3 Å². The van der Waals surface area contributed by atoms with E-state index in [2.05, 4.69) is 24.6 Å². The molecule has 3 aromatic heterocycles. The fraction of sp³-hybridized carbons (Fsp3) is 0.462. The van der Waals surface area contributed by atoms with Gasteiger partial charge in [-0.25, -0.2) is 4.98 Å². The fourth-order valence-electron chi connectivity index (χ4n) is 3.12. The lowest BCUT2D eigenvalue weighted by molar-refractivity contribution is 0.381. The molecule has 0 unspecified atom stereocenters. The van der Waals surface area contributed by atoms with Crippen LogP contribution in [0.15, 0.2) is 18.5 Å². The molecule has 19 heavy (non-hydrogen) atoms. The van der Waals surface area contributed by atoms with Gasteiger partial charge in [0.25, 0.3) is 0 Å². The molecule has 1 saturated carbocycles. The maximum atomic E-state index is 6.09. The second-order valence-electron chi connectivity index (χ2n) is 5.35. The van der Waals surface area contributed by atoms with Crippen molar-refractivity contribution in [2.75, 3.05) is 0 Å². The summed E-state index contributed by atoms with van der Waals surface area (Å²) in [5, 5.41) is 8.63. The minimum Gasteiger partial charge on any atom is -0.345 e. The average Bonchev–Trinajstić information content (AvgIpc) is 3.04. The Morgan fingerprint density at radius 2 is 2.26 bits per heavy atom. The van der Waals surface area contributed by atoms with Crippen LogP contribution in [0.4, 0.5) is 0 Å². The van der Waals surface area contributed by atoms with E-state index in [1.165, 1.54) is 6.42 Å². The van der Waals surface area contributed by atoms with Crippen molar-refractivity contribution in [2.24, 2.45) is 5.73 Å². The number of nitrogens with zero attached hydrogens (tertiary/aromatic N) is 4. The standard InChI is InChI=1S/C13H16N6/c14-9-3-1-2-8(6-9)13-18-17-11-7-16-12-10(19(11)13)4-5-15-12/h4-5,7-9,15H,1-3,6,14H2/t8-,9-/m1/s1. The Morgan fingerprint density at radius 3 is 3.16 bits per heavy atom. The summed E-state index contributed by atoms with van der Waals surface area (Å²) in [5.74, 6) is 1.43. The Kier molecular flexibility index (Phi) is 2.32. The SMILES string of the molecule is N[C@@H]1CCC[C@@H](c2nnc3cnc4[nH]ccc4n23)C1. The van der Waals surface area contributed by atoms with Gasteiger partial charge in [-0.2, -0.15) is 0 Å². The molecule has 3 aromatic rings. The first-order valence-corrected chi connectivity index (χ1v) is 6.75. The molecule has 1 fully saturated rings. The molecule has 0 amide bonds. The Labute approximate surface area is 110 Å². The van der Waals surface area contributed by atoms with E-state index < -0.39 is 0 Å². The summed E-state index contributed by atoms with van der Waals surface area (Å²) in [6.45, 7) is 0. The smallest absolute Gasteiger partial charge is 0.179 e. The largest absolute Gasteiger partial charge is 0.345 e. The Hall–Kier alpha value is -1.95. The highest BCUT2D eigenvalue weighted by Gasteiger charge is 2.25. The second kappa shape index (κ2) is 4.03. The number of hydrogen-bond acceptors (Lipinski definition) is 4. The molecule has 98 valence electrons. The number of fused-ring (bicyclic) bond motifs is 3. The van der Waals surface area contributed by atoms with Gasteiger partial charge < -0.3 is 10.7 Å². The zero-order valence-corrected chi connectivity index (χ0v) is 10.6.